The van der Waals surface area contributed by atoms with Crippen LogP contribution in [0.4, 0.5) is 0 Å². The summed E-state index contributed by atoms with van der Waals surface area (Å²) in [6.07, 6.45) is 4.99. The number of carbonyl (C=O) groups is 1. The highest BCUT2D eigenvalue weighted by Gasteiger charge is 2.42. The summed E-state index contributed by atoms with van der Waals surface area (Å²) in [7, 11) is 0. The fourth-order valence-corrected chi connectivity index (χ4v) is 2.91. The number of amides is 1. The zero-order valence-corrected chi connectivity index (χ0v) is 13.7. The Hall–Kier alpha value is -0.320. The van der Waals surface area contributed by atoms with Gasteiger partial charge < -0.3 is 15.4 Å². The van der Waals surface area contributed by atoms with Gasteiger partial charge in [0.15, 0.2) is 0 Å². The molecule has 5 heteroatoms. The van der Waals surface area contributed by atoms with E-state index in [1.54, 1.807) is 0 Å². The Kier molecular flexibility index (Phi) is 6.76. The molecule has 2 aliphatic rings. The molecule has 1 amide bonds. The minimum atomic E-state index is -0.249. The molecule has 2 rings (SSSR count). The summed E-state index contributed by atoms with van der Waals surface area (Å²) < 4.78 is 5.78. The first-order valence-electron chi connectivity index (χ1n) is 7.76. The third-order valence-corrected chi connectivity index (χ3v) is 4.75. The van der Waals surface area contributed by atoms with Gasteiger partial charge in [-0.05, 0) is 38.5 Å². The van der Waals surface area contributed by atoms with Crippen LogP contribution in [0.25, 0.3) is 0 Å². The van der Waals surface area contributed by atoms with Crippen LogP contribution in [0.3, 0.4) is 0 Å². The SMILES string of the molecule is CCC(C)C(C)N(C(=O)[C@@H]1CC[C@H](CN)O1)C1CC1.Cl. The van der Waals surface area contributed by atoms with E-state index in [1.165, 1.54) is 0 Å². The minimum Gasteiger partial charge on any atom is -0.364 e. The van der Waals surface area contributed by atoms with Crippen molar-refractivity contribution in [3.8, 4) is 0 Å². The molecule has 20 heavy (non-hydrogen) atoms. The van der Waals surface area contributed by atoms with Gasteiger partial charge in [-0.3, -0.25) is 4.79 Å². The van der Waals surface area contributed by atoms with E-state index in [0.29, 0.717) is 24.5 Å². The van der Waals surface area contributed by atoms with Crippen LogP contribution in [-0.2, 0) is 9.53 Å². The van der Waals surface area contributed by atoms with Gasteiger partial charge in [0.05, 0.1) is 6.10 Å². The van der Waals surface area contributed by atoms with Crippen molar-refractivity contribution in [2.24, 2.45) is 11.7 Å². The molecule has 1 aliphatic heterocycles. The van der Waals surface area contributed by atoms with Crippen LogP contribution in [0.15, 0.2) is 0 Å². The lowest BCUT2D eigenvalue weighted by molar-refractivity contribution is -0.146. The van der Waals surface area contributed by atoms with Crippen molar-refractivity contribution in [2.75, 3.05) is 6.54 Å². The fourth-order valence-electron chi connectivity index (χ4n) is 2.91. The molecule has 1 heterocycles. The average molecular weight is 305 g/mol. The predicted octanol–water partition coefficient (Wildman–Crippen LogP) is 2.34. The number of ether oxygens (including phenoxy) is 1. The highest BCUT2D eigenvalue weighted by Crippen LogP contribution is 2.33. The molecule has 1 saturated heterocycles. The van der Waals surface area contributed by atoms with Gasteiger partial charge in [-0.15, -0.1) is 12.4 Å². The quantitative estimate of drug-likeness (QED) is 0.819. The number of rotatable bonds is 6. The van der Waals surface area contributed by atoms with E-state index >= 15 is 0 Å². The maximum absolute atomic E-state index is 12.7. The molecule has 1 saturated carbocycles. The van der Waals surface area contributed by atoms with Crippen molar-refractivity contribution >= 4 is 18.3 Å². The van der Waals surface area contributed by atoms with Gasteiger partial charge in [0.2, 0.25) is 0 Å². The molecule has 2 fully saturated rings. The lowest BCUT2D eigenvalue weighted by Crippen LogP contribution is -2.48. The Labute approximate surface area is 128 Å². The third-order valence-electron chi connectivity index (χ3n) is 4.75. The average Bonchev–Trinajstić information content (AvgIpc) is 3.13. The number of hydrogen-bond acceptors (Lipinski definition) is 3. The lowest BCUT2D eigenvalue weighted by atomic mass is 9.98. The van der Waals surface area contributed by atoms with Crippen LogP contribution in [0.5, 0.6) is 0 Å². The highest BCUT2D eigenvalue weighted by molar-refractivity contribution is 5.85. The summed E-state index contributed by atoms with van der Waals surface area (Å²) in [5.41, 5.74) is 5.62. The van der Waals surface area contributed by atoms with Crippen molar-refractivity contribution in [3.05, 3.63) is 0 Å². The standard InChI is InChI=1S/C15H28N2O2.ClH/c1-4-10(2)11(3)17(12-5-6-12)15(18)14-8-7-13(9-16)19-14;/h10-14H,4-9,16H2,1-3H3;1H/t10?,11?,13-,14+;/m1./s1. The first-order valence-corrected chi connectivity index (χ1v) is 7.76. The van der Waals surface area contributed by atoms with Crippen molar-refractivity contribution < 1.29 is 9.53 Å². The van der Waals surface area contributed by atoms with E-state index in [1.807, 2.05) is 0 Å². The summed E-state index contributed by atoms with van der Waals surface area (Å²) in [5, 5.41) is 0. The van der Waals surface area contributed by atoms with Crippen LogP contribution >= 0.6 is 12.4 Å². The van der Waals surface area contributed by atoms with Gasteiger partial charge in [0, 0.05) is 18.6 Å². The summed E-state index contributed by atoms with van der Waals surface area (Å²) in [4.78, 5) is 14.8. The molecule has 0 spiro atoms. The molecule has 0 radical (unpaired) electrons. The van der Waals surface area contributed by atoms with E-state index in [4.69, 9.17) is 10.5 Å². The number of hydrogen-bond donors (Lipinski definition) is 1. The summed E-state index contributed by atoms with van der Waals surface area (Å²) in [6, 6.07) is 0.766. The number of nitrogens with zero attached hydrogens (tertiary/aromatic N) is 1. The van der Waals surface area contributed by atoms with Crippen molar-refractivity contribution in [1.82, 2.24) is 4.90 Å². The summed E-state index contributed by atoms with van der Waals surface area (Å²) in [5.74, 6) is 0.738. The molecule has 118 valence electrons. The van der Waals surface area contributed by atoms with E-state index in [9.17, 15) is 4.79 Å². The third kappa shape index (κ3) is 3.86. The molecular formula is C15H29ClN2O2. The van der Waals surface area contributed by atoms with Gasteiger partial charge in [-0.2, -0.15) is 0 Å². The van der Waals surface area contributed by atoms with E-state index < -0.39 is 0 Å². The zero-order chi connectivity index (χ0) is 14.0. The van der Waals surface area contributed by atoms with Gasteiger partial charge in [-0.25, -0.2) is 0 Å². The maximum Gasteiger partial charge on any atom is 0.252 e. The van der Waals surface area contributed by atoms with E-state index in [-0.39, 0.29) is 30.5 Å². The van der Waals surface area contributed by atoms with Crippen LogP contribution in [-0.4, -0.2) is 41.6 Å². The molecule has 0 aromatic carbocycles. The second-order valence-corrected chi connectivity index (χ2v) is 6.16. The Balaban J connectivity index is 0.00000200. The number of nitrogens with two attached hydrogens (primary N) is 1. The molecule has 1 aliphatic carbocycles. The van der Waals surface area contributed by atoms with Crippen molar-refractivity contribution in [2.45, 2.75) is 77.2 Å². The number of halogens is 1. The van der Waals surface area contributed by atoms with Gasteiger partial charge in [-0.1, -0.05) is 20.3 Å². The molecular weight excluding hydrogens is 276 g/mol. The molecule has 0 bridgehead atoms. The topological polar surface area (TPSA) is 55.6 Å². The smallest absolute Gasteiger partial charge is 0.252 e. The summed E-state index contributed by atoms with van der Waals surface area (Å²) >= 11 is 0. The predicted molar refractivity (Wildman–Crippen MR) is 83.0 cm³/mol. The monoisotopic (exact) mass is 304 g/mol. The van der Waals surface area contributed by atoms with Gasteiger partial charge in [0.1, 0.15) is 6.10 Å². The second-order valence-electron chi connectivity index (χ2n) is 6.16. The second kappa shape index (κ2) is 7.62. The first-order chi connectivity index (χ1) is 9.08. The van der Waals surface area contributed by atoms with Crippen LogP contribution in [0.1, 0.15) is 52.9 Å². The lowest BCUT2D eigenvalue weighted by Gasteiger charge is -2.35. The molecule has 4 nitrogen and oxygen atoms in total. The Bertz CT molecular complexity index is 323. The van der Waals surface area contributed by atoms with Gasteiger partial charge >= 0.3 is 0 Å². The van der Waals surface area contributed by atoms with E-state index in [0.717, 1.165) is 32.1 Å². The van der Waals surface area contributed by atoms with Crippen molar-refractivity contribution in [1.29, 1.82) is 0 Å². The minimum absolute atomic E-state index is 0. The molecule has 4 atom stereocenters. The zero-order valence-electron chi connectivity index (χ0n) is 12.9. The highest BCUT2D eigenvalue weighted by atomic mass is 35.5. The molecule has 2 N–H and O–H groups in total. The Morgan fingerprint density at radius 3 is 2.40 bits per heavy atom. The fraction of sp³-hybridized carbons (Fsp3) is 0.933. The summed E-state index contributed by atoms with van der Waals surface area (Å²) in [6.45, 7) is 7.12. The largest absolute Gasteiger partial charge is 0.364 e. The molecule has 0 aromatic heterocycles. The maximum atomic E-state index is 12.7. The van der Waals surface area contributed by atoms with Gasteiger partial charge in [0.25, 0.3) is 5.91 Å². The normalized spacial score (nSPS) is 28.6. The van der Waals surface area contributed by atoms with E-state index in [2.05, 4.69) is 25.7 Å². The number of carbonyl (C=O) groups excluding carboxylic acids is 1. The first kappa shape index (κ1) is 17.7. The van der Waals surface area contributed by atoms with Crippen LogP contribution in [0.2, 0.25) is 0 Å². The molecule has 2 unspecified atom stereocenters. The molecule has 0 aromatic rings. The Morgan fingerprint density at radius 2 is 1.95 bits per heavy atom. The van der Waals surface area contributed by atoms with Crippen LogP contribution < -0.4 is 5.73 Å². The Morgan fingerprint density at radius 1 is 1.30 bits per heavy atom. The van der Waals surface area contributed by atoms with Crippen molar-refractivity contribution in [3.63, 3.8) is 0 Å². The van der Waals surface area contributed by atoms with Crippen LogP contribution in [0, 0.1) is 5.92 Å².